The van der Waals surface area contributed by atoms with Crippen LogP contribution in [0.5, 0.6) is 0 Å². The third-order valence-corrected chi connectivity index (χ3v) is 6.38. The average Bonchev–Trinajstić information content (AvgIpc) is 3.36. The minimum Gasteiger partial charge on any atom is -0.400 e. The maximum atomic E-state index is 12.0. The maximum absolute atomic E-state index is 12.0. The Hall–Kier alpha value is -1.15. The van der Waals surface area contributed by atoms with Crippen LogP contribution in [-0.4, -0.2) is 106 Å². The van der Waals surface area contributed by atoms with Crippen molar-refractivity contribution in [2.24, 2.45) is 11.5 Å². The highest BCUT2D eigenvalue weighted by Gasteiger charge is 2.33. The Labute approximate surface area is 223 Å². The minimum atomic E-state index is -0.255. The zero-order chi connectivity index (χ0) is 27.3. The predicted molar refractivity (Wildman–Crippen MR) is 145 cm³/mol. The van der Waals surface area contributed by atoms with Gasteiger partial charge in [0.25, 0.3) is 0 Å². The van der Waals surface area contributed by atoms with Crippen molar-refractivity contribution in [2.45, 2.75) is 94.5 Å². The van der Waals surface area contributed by atoms with Crippen molar-refractivity contribution < 1.29 is 29.2 Å². The summed E-state index contributed by atoms with van der Waals surface area (Å²) < 4.78 is 17.1. The number of ether oxygens (including phenoxy) is 3. The molecule has 11 heteroatoms. The summed E-state index contributed by atoms with van der Waals surface area (Å²) in [5.74, 6) is 0.0792. The Morgan fingerprint density at radius 3 is 2.62 bits per heavy atom. The van der Waals surface area contributed by atoms with Crippen LogP contribution in [0.25, 0.3) is 0 Å². The molecule has 0 bridgehead atoms. The molecule has 2 aliphatic heterocycles. The van der Waals surface area contributed by atoms with Crippen molar-refractivity contribution in [2.75, 3.05) is 53.6 Å². The molecule has 1 saturated carbocycles. The highest BCUT2D eigenvalue weighted by atomic mass is 16.7. The first-order valence-corrected chi connectivity index (χ1v) is 13.8. The monoisotopic (exact) mass is 531 g/mol. The summed E-state index contributed by atoms with van der Waals surface area (Å²) in [4.78, 5) is 12.0. The molecule has 1 aliphatic carbocycles. The number of carbonyl (C=O) groups excluding carboxylic acids is 1. The summed E-state index contributed by atoms with van der Waals surface area (Å²) in [6, 6.07) is 0.104. The van der Waals surface area contributed by atoms with Crippen molar-refractivity contribution in [3.8, 4) is 0 Å². The minimum absolute atomic E-state index is 0.00352. The lowest BCUT2D eigenvalue weighted by Gasteiger charge is -2.34. The van der Waals surface area contributed by atoms with Gasteiger partial charge in [0.2, 0.25) is 5.91 Å². The van der Waals surface area contributed by atoms with E-state index in [1.54, 1.807) is 0 Å². The molecule has 9 N–H and O–H groups in total. The molecule has 0 aromatic carbocycles. The molecule has 2 fully saturated rings. The molecule has 37 heavy (non-hydrogen) atoms. The molecule has 0 aromatic rings. The second-order valence-electron chi connectivity index (χ2n) is 9.62. The van der Waals surface area contributed by atoms with Gasteiger partial charge >= 0.3 is 0 Å². The molecule has 0 aromatic heterocycles. The van der Waals surface area contributed by atoms with Gasteiger partial charge in [-0.15, -0.1) is 0 Å². The molecule has 3 rings (SSSR count). The van der Waals surface area contributed by atoms with E-state index in [0.29, 0.717) is 6.42 Å². The first-order valence-electron chi connectivity index (χ1n) is 13.8. The Kier molecular flexibility index (Phi) is 19.9. The lowest BCUT2D eigenvalue weighted by Crippen LogP contribution is -2.48. The number of amides is 1. The van der Waals surface area contributed by atoms with Gasteiger partial charge in [0.15, 0.2) is 6.29 Å². The van der Waals surface area contributed by atoms with Crippen LogP contribution in [-0.2, 0) is 19.0 Å². The van der Waals surface area contributed by atoms with Crippen molar-refractivity contribution in [1.29, 1.82) is 0 Å². The highest BCUT2D eigenvalue weighted by Crippen LogP contribution is 2.27. The first-order chi connectivity index (χ1) is 18.0. The molecule has 6 unspecified atom stereocenters. The summed E-state index contributed by atoms with van der Waals surface area (Å²) >= 11 is 0. The van der Waals surface area contributed by atoms with Gasteiger partial charge in [-0.05, 0) is 71.6 Å². The summed E-state index contributed by atoms with van der Waals surface area (Å²) in [5, 5.41) is 25.5. The largest absolute Gasteiger partial charge is 0.400 e. The fourth-order valence-corrected chi connectivity index (χ4v) is 4.57. The Balaban J connectivity index is 0.000000411. The molecular formula is C26H53N5O6. The zero-order valence-electron chi connectivity index (χ0n) is 22.9. The number of hydrogen-bond donors (Lipinski definition) is 7. The molecule has 11 nitrogen and oxygen atoms in total. The fourth-order valence-electron chi connectivity index (χ4n) is 4.57. The van der Waals surface area contributed by atoms with Gasteiger partial charge < -0.3 is 51.8 Å². The quantitative estimate of drug-likeness (QED) is 0.124. The van der Waals surface area contributed by atoms with Gasteiger partial charge in [0.05, 0.1) is 31.5 Å². The molecule has 0 radical (unpaired) electrons. The maximum Gasteiger partial charge on any atom is 0.220 e. The van der Waals surface area contributed by atoms with Gasteiger partial charge in [-0.3, -0.25) is 4.79 Å². The number of rotatable bonds is 13. The second kappa shape index (κ2) is 21.7. The van der Waals surface area contributed by atoms with E-state index in [-0.39, 0.29) is 49.2 Å². The number of nitrogens with one attached hydrogen (secondary N) is 3. The molecule has 218 valence electrons. The number of carbonyl (C=O) groups is 1. The number of hydrogen-bond acceptors (Lipinski definition) is 10. The van der Waals surface area contributed by atoms with Crippen LogP contribution in [0, 0.1) is 0 Å². The van der Waals surface area contributed by atoms with E-state index in [1.807, 2.05) is 7.05 Å². The van der Waals surface area contributed by atoms with Crippen molar-refractivity contribution in [1.82, 2.24) is 16.0 Å². The predicted octanol–water partition coefficient (Wildman–Crippen LogP) is -0.257. The summed E-state index contributed by atoms with van der Waals surface area (Å²) in [5.41, 5.74) is 11.5. The van der Waals surface area contributed by atoms with E-state index in [2.05, 4.69) is 28.1 Å². The topological polar surface area (TPSA) is 173 Å². The van der Waals surface area contributed by atoms with Gasteiger partial charge in [-0.1, -0.05) is 12.2 Å². The summed E-state index contributed by atoms with van der Waals surface area (Å²) in [7, 11) is 2.88. The third-order valence-electron chi connectivity index (χ3n) is 6.38. The van der Waals surface area contributed by atoms with Crippen LogP contribution in [0.2, 0.25) is 0 Å². The Morgan fingerprint density at radius 1 is 1.16 bits per heavy atom. The van der Waals surface area contributed by atoms with Crippen LogP contribution in [0.1, 0.15) is 57.8 Å². The molecule has 6 atom stereocenters. The highest BCUT2D eigenvalue weighted by molar-refractivity contribution is 5.76. The number of aliphatic hydroxyl groups is 2. The first kappa shape index (κ1) is 33.9. The van der Waals surface area contributed by atoms with E-state index in [9.17, 15) is 4.79 Å². The van der Waals surface area contributed by atoms with Crippen molar-refractivity contribution in [3.63, 3.8) is 0 Å². The van der Waals surface area contributed by atoms with E-state index in [0.717, 1.165) is 91.3 Å². The zero-order valence-corrected chi connectivity index (χ0v) is 22.9. The molecule has 1 saturated heterocycles. The normalized spacial score (nSPS) is 29.0. The smallest absolute Gasteiger partial charge is 0.220 e. The van der Waals surface area contributed by atoms with E-state index in [1.165, 1.54) is 0 Å². The van der Waals surface area contributed by atoms with Gasteiger partial charge in [-0.2, -0.15) is 0 Å². The summed E-state index contributed by atoms with van der Waals surface area (Å²) in [6.07, 6.45) is 11.7. The van der Waals surface area contributed by atoms with Crippen LogP contribution < -0.4 is 27.4 Å². The molecule has 3 aliphatic rings. The standard InChI is InChI=1S/C16H31N3O4.C9H18N2O.CH4O/c1-18-6-2-3-15(21)19-12-7-11(17)8-14(9-12)23-16-5-4-13(10-20)22-16;10-5-3-6-11-8-9-4-1-2-7-12-9;1-2/h11-14,16,18,20H,2-10,17H2,1H3,(H,19,21);1,4,9,11H,2-3,5-8,10H2;2H,1H3. The van der Waals surface area contributed by atoms with Gasteiger partial charge in [0.1, 0.15) is 0 Å². The summed E-state index contributed by atoms with van der Waals surface area (Å²) in [6.45, 7) is 4.40. The van der Waals surface area contributed by atoms with Crippen molar-refractivity contribution in [3.05, 3.63) is 12.2 Å². The number of aliphatic hydroxyl groups excluding tert-OH is 2. The van der Waals surface area contributed by atoms with E-state index in [4.69, 9.17) is 35.9 Å². The van der Waals surface area contributed by atoms with E-state index >= 15 is 0 Å². The fraction of sp³-hybridized carbons (Fsp3) is 0.885. The van der Waals surface area contributed by atoms with Gasteiger partial charge in [-0.25, -0.2) is 0 Å². The van der Waals surface area contributed by atoms with Crippen LogP contribution in [0.15, 0.2) is 12.2 Å². The second-order valence-corrected chi connectivity index (χ2v) is 9.62. The number of nitrogens with two attached hydrogens (primary N) is 2. The Morgan fingerprint density at radius 2 is 1.97 bits per heavy atom. The van der Waals surface area contributed by atoms with Gasteiger partial charge in [0, 0.05) is 38.6 Å². The van der Waals surface area contributed by atoms with Crippen molar-refractivity contribution >= 4 is 5.91 Å². The van der Waals surface area contributed by atoms with E-state index < -0.39 is 0 Å². The molecule has 0 spiro atoms. The Bertz CT molecular complexity index is 600. The van der Waals surface area contributed by atoms with Crippen LogP contribution in [0.3, 0.4) is 0 Å². The lowest BCUT2D eigenvalue weighted by molar-refractivity contribution is -0.175. The van der Waals surface area contributed by atoms with Crippen LogP contribution in [0.4, 0.5) is 0 Å². The molecule has 2 heterocycles. The SMILES string of the molecule is CNCCCC(=O)NC1CC(N)CC(OC2CCC(CO)O2)C1.CO.NCCCNCC1C=CCCO1. The lowest BCUT2D eigenvalue weighted by atomic mass is 9.89. The third kappa shape index (κ3) is 15.8. The molecule has 1 amide bonds. The van der Waals surface area contributed by atoms with Crippen LogP contribution >= 0.6 is 0 Å². The molecular weight excluding hydrogens is 478 g/mol. The average molecular weight is 532 g/mol.